The maximum Gasteiger partial charge on any atom is 0.254 e. The average molecular weight is 367 g/mol. The highest BCUT2D eigenvalue weighted by molar-refractivity contribution is 7.90. The Morgan fingerprint density at radius 3 is 2.65 bits per heavy atom. The molecule has 1 aliphatic rings. The topological polar surface area (TPSA) is 80.2 Å². The van der Waals surface area contributed by atoms with Crippen molar-refractivity contribution in [3.63, 3.8) is 0 Å². The van der Waals surface area contributed by atoms with Crippen LogP contribution in [0, 0.1) is 0 Å². The van der Waals surface area contributed by atoms with Crippen molar-refractivity contribution >= 4 is 26.6 Å². The first-order valence-corrected chi connectivity index (χ1v) is 10.1. The molecular formula is C19H17N3O3S. The number of carbonyl (C=O) groups is 1. The molecule has 1 amide bonds. The fraction of sp³-hybridized carbons (Fsp3) is 0.211. The molecule has 3 heterocycles. The molecule has 0 aliphatic carbocycles. The Morgan fingerprint density at radius 1 is 1.15 bits per heavy atom. The van der Waals surface area contributed by atoms with Gasteiger partial charge in [-0.05, 0) is 42.0 Å². The van der Waals surface area contributed by atoms with E-state index in [1.54, 1.807) is 29.4 Å². The fourth-order valence-corrected chi connectivity index (χ4v) is 3.81. The molecule has 0 unspecified atom stereocenters. The van der Waals surface area contributed by atoms with Crippen LogP contribution in [0.3, 0.4) is 0 Å². The molecule has 0 N–H and O–H groups in total. The molecule has 0 radical (unpaired) electrons. The third-order valence-corrected chi connectivity index (χ3v) is 5.71. The van der Waals surface area contributed by atoms with Gasteiger partial charge in [0.25, 0.3) is 5.91 Å². The molecule has 0 saturated carbocycles. The van der Waals surface area contributed by atoms with Gasteiger partial charge in [-0.3, -0.25) is 14.8 Å². The Balaban J connectivity index is 1.60. The van der Waals surface area contributed by atoms with Crippen LogP contribution in [0.15, 0.2) is 53.7 Å². The van der Waals surface area contributed by atoms with Crippen LogP contribution in [0.5, 0.6) is 0 Å². The minimum atomic E-state index is -3.27. The number of pyridine rings is 2. The van der Waals surface area contributed by atoms with Gasteiger partial charge >= 0.3 is 0 Å². The zero-order valence-electron chi connectivity index (χ0n) is 14.2. The molecule has 26 heavy (non-hydrogen) atoms. The van der Waals surface area contributed by atoms with E-state index in [2.05, 4.69) is 9.97 Å². The van der Waals surface area contributed by atoms with Crippen molar-refractivity contribution in [2.45, 2.75) is 17.9 Å². The highest BCUT2D eigenvalue weighted by Gasteiger charge is 2.23. The second kappa shape index (κ2) is 6.17. The fourth-order valence-electron chi connectivity index (χ4n) is 3.18. The van der Waals surface area contributed by atoms with Gasteiger partial charge in [-0.25, -0.2) is 8.42 Å². The summed E-state index contributed by atoms with van der Waals surface area (Å²) >= 11 is 0. The Morgan fingerprint density at radius 2 is 1.92 bits per heavy atom. The summed E-state index contributed by atoms with van der Waals surface area (Å²) < 4.78 is 23.1. The van der Waals surface area contributed by atoms with Gasteiger partial charge in [-0.1, -0.05) is 0 Å². The Labute approximate surface area is 151 Å². The zero-order chi connectivity index (χ0) is 18.3. The number of hydrogen-bond acceptors (Lipinski definition) is 5. The Hall–Kier alpha value is -2.80. The average Bonchev–Trinajstić information content (AvgIpc) is 2.64. The number of hydrogen-bond donors (Lipinski definition) is 0. The predicted octanol–water partition coefficient (Wildman–Crippen LogP) is 2.23. The van der Waals surface area contributed by atoms with Crippen molar-refractivity contribution in [2.24, 2.45) is 0 Å². The quantitative estimate of drug-likeness (QED) is 0.694. The van der Waals surface area contributed by atoms with Gasteiger partial charge in [0.2, 0.25) is 0 Å². The summed E-state index contributed by atoms with van der Waals surface area (Å²) in [6.45, 7) is 1.07. The SMILES string of the molecule is CS(=O)(=O)c1ccc(C(=O)N2CCc3nc4ccncc4cc3C2)cc1. The molecule has 0 saturated heterocycles. The van der Waals surface area contributed by atoms with Gasteiger partial charge in [0, 0.05) is 54.8 Å². The van der Waals surface area contributed by atoms with Crippen LogP contribution in [0.1, 0.15) is 21.6 Å². The van der Waals surface area contributed by atoms with E-state index < -0.39 is 9.84 Å². The summed E-state index contributed by atoms with van der Waals surface area (Å²) in [7, 11) is -3.27. The molecule has 0 spiro atoms. The minimum absolute atomic E-state index is 0.109. The van der Waals surface area contributed by atoms with E-state index in [4.69, 9.17) is 0 Å². The molecule has 6 nitrogen and oxygen atoms in total. The first-order chi connectivity index (χ1) is 12.4. The number of benzene rings is 1. The van der Waals surface area contributed by atoms with Gasteiger partial charge < -0.3 is 4.90 Å². The van der Waals surface area contributed by atoms with Gasteiger partial charge in [0.15, 0.2) is 9.84 Å². The molecule has 3 aromatic rings. The number of fused-ring (bicyclic) bond motifs is 2. The number of rotatable bonds is 2. The van der Waals surface area contributed by atoms with Crippen LogP contribution in [0.25, 0.3) is 10.9 Å². The van der Waals surface area contributed by atoms with E-state index in [1.165, 1.54) is 12.1 Å². The van der Waals surface area contributed by atoms with Crippen LogP contribution < -0.4 is 0 Å². The summed E-state index contributed by atoms with van der Waals surface area (Å²) in [5.41, 5.74) is 3.43. The van der Waals surface area contributed by atoms with Crippen molar-refractivity contribution in [2.75, 3.05) is 12.8 Å². The van der Waals surface area contributed by atoms with Crippen LogP contribution in [0.4, 0.5) is 0 Å². The molecular weight excluding hydrogens is 350 g/mol. The van der Waals surface area contributed by atoms with Gasteiger partial charge in [-0.2, -0.15) is 0 Å². The van der Waals surface area contributed by atoms with Crippen molar-refractivity contribution in [3.05, 3.63) is 65.6 Å². The van der Waals surface area contributed by atoms with Crippen molar-refractivity contribution in [1.82, 2.24) is 14.9 Å². The summed E-state index contributed by atoms with van der Waals surface area (Å²) in [6, 6.07) is 10.0. The van der Waals surface area contributed by atoms with Crippen molar-refractivity contribution < 1.29 is 13.2 Å². The molecule has 0 fully saturated rings. The van der Waals surface area contributed by atoms with Gasteiger partial charge in [0.05, 0.1) is 10.4 Å². The van der Waals surface area contributed by atoms with E-state index >= 15 is 0 Å². The highest BCUT2D eigenvalue weighted by atomic mass is 32.2. The van der Waals surface area contributed by atoms with E-state index in [0.717, 1.165) is 28.4 Å². The second-order valence-corrected chi connectivity index (χ2v) is 8.45. The molecule has 2 aromatic heterocycles. The maximum absolute atomic E-state index is 12.8. The number of carbonyl (C=O) groups excluding carboxylic acids is 1. The Bertz CT molecular complexity index is 1110. The van der Waals surface area contributed by atoms with E-state index in [1.807, 2.05) is 12.1 Å². The summed E-state index contributed by atoms with van der Waals surface area (Å²) in [5, 5.41) is 0.957. The lowest BCUT2D eigenvalue weighted by Gasteiger charge is -2.28. The molecule has 1 aromatic carbocycles. The van der Waals surface area contributed by atoms with Crippen LogP contribution in [0.2, 0.25) is 0 Å². The summed E-state index contributed by atoms with van der Waals surface area (Å²) in [6.07, 6.45) is 5.34. The molecule has 1 aliphatic heterocycles. The van der Waals surface area contributed by atoms with E-state index in [-0.39, 0.29) is 10.8 Å². The lowest BCUT2D eigenvalue weighted by atomic mass is 10.0. The van der Waals surface area contributed by atoms with E-state index in [0.29, 0.717) is 25.1 Å². The smallest absolute Gasteiger partial charge is 0.254 e. The van der Waals surface area contributed by atoms with Gasteiger partial charge in [-0.15, -0.1) is 0 Å². The number of nitrogens with zero attached hydrogens (tertiary/aromatic N) is 3. The lowest BCUT2D eigenvalue weighted by molar-refractivity contribution is 0.0733. The largest absolute Gasteiger partial charge is 0.334 e. The summed E-state index contributed by atoms with van der Waals surface area (Å²) in [5.74, 6) is -0.109. The number of amides is 1. The minimum Gasteiger partial charge on any atom is -0.334 e. The molecule has 0 atom stereocenters. The normalized spacial score (nSPS) is 14.3. The van der Waals surface area contributed by atoms with E-state index in [9.17, 15) is 13.2 Å². The second-order valence-electron chi connectivity index (χ2n) is 6.44. The van der Waals surface area contributed by atoms with Gasteiger partial charge in [0.1, 0.15) is 0 Å². The Kier molecular flexibility index (Phi) is 3.96. The number of sulfone groups is 1. The standard InChI is InChI=1S/C19H17N3O3S/c1-26(24,25)16-4-2-13(3-5-16)19(23)22-9-7-18-15(12-22)10-14-11-20-8-6-17(14)21-18/h2-6,8,10-11H,7,9,12H2,1H3. The van der Waals surface area contributed by atoms with Crippen LogP contribution in [-0.2, 0) is 22.8 Å². The van der Waals surface area contributed by atoms with Crippen molar-refractivity contribution in [1.29, 1.82) is 0 Å². The molecule has 0 bridgehead atoms. The number of aromatic nitrogens is 2. The predicted molar refractivity (Wildman–Crippen MR) is 97.5 cm³/mol. The van der Waals surface area contributed by atoms with Crippen LogP contribution in [-0.4, -0.2) is 42.0 Å². The maximum atomic E-state index is 12.8. The molecule has 7 heteroatoms. The molecule has 4 rings (SSSR count). The first-order valence-electron chi connectivity index (χ1n) is 8.24. The third-order valence-electron chi connectivity index (χ3n) is 4.58. The first kappa shape index (κ1) is 16.7. The highest BCUT2D eigenvalue weighted by Crippen LogP contribution is 2.23. The molecule has 132 valence electrons. The van der Waals surface area contributed by atoms with Crippen LogP contribution >= 0.6 is 0 Å². The summed E-state index contributed by atoms with van der Waals surface area (Å²) in [4.78, 5) is 23.6. The zero-order valence-corrected chi connectivity index (χ0v) is 15.0. The third kappa shape index (κ3) is 3.06. The van der Waals surface area contributed by atoms with Crippen molar-refractivity contribution in [3.8, 4) is 0 Å². The monoisotopic (exact) mass is 367 g/mol. The lowest BCUT2D eigenvalue weighted by Crippen LogP contribution is -2.36.